The van der Waals surface area contributed by atoms with Gasteiger partial charge in [-0.15, -0.1) is 0 Å². The van der Waals surface area contributed by atoms with Gasteiger partial charge in [-0.2, -0.15) is 0 Å². The number of hydrogen-bond donors (Lipinski definition) is 1. The largest absolute Gasteiger partial charge is 0.329 e. The van der Waals surface area contributed by atoms with Gasteiger partial charge in [-0.1, -0.05) is 0 Å². The molecule has 0 amide bonds. The van der Waals surface area contributed by atoms with Crippen LogP contribution in [0, 0.1) is 11.6 Å². The number of sulfone groups is 1. The van der Waals surface area contributed by atoms with Crippen molar-refractivity contribution in [2.24, 2.45) is 0 Å². The van der Waals surface area contributed by atoms with Crippen molar-refractivity contribution in [3.63, 3.8) is 0 Å². The number of nitrogens with zero attached hydrogens (tertiary/aromatic N) is 2. The minimum absolute atomic E-state index is 0.0670. The Hall–Kier alpha value is -1.54. The number of hydrogen-bond acceptors (Lipinski definition) is 4. The van der Waals surface area contributed by atoms with Gasteiger partial charge in [-0.3, -0.25) is 0 Å². The lowest BCUT2D eigenvalue weighted by molar-refractivity contribution is 0.510. The average Bonchev–Trinajstić information content (AvgIpc) is 2.71. The maximum atomic E-state index is 13.2. The molecule has 0 aliphatic rings. The number of benzene rings is 1. The Balaban J connectivity index is 1.95. The highest BCUT2D eigenvalue weighted by Crippen LogP contribution is 2.17. The highest BCUT2D eigenvalue weighted by atomic mass is 32.2. The van der Waals surface area contributed by atoms with E-state index < -0.39 is 21.5 Å². The van der Waals surface area contributed by atoms with Crippen LogP contribution in [0.2, 0.25) is 0 Å². The molecule has 0 bridgehead atoms. The molecule has 0 aliphatic heterocycles. The van der Waals surface area contributed by atoms with Crippen LogP contribution in [0.15, 0.2) is 18.5 Å². The van der Waals surface area contributed by atoms with Crippen LogP contribution in [0.1, 0.15) is 0 Å². The van der Waals surface area contributed by atoms with Gasteiger partial charge in [0.25, 0.3) is 0 Å². The predicted octanol–water partition coefficient (Wildman–Crippen LogP) is 0.949. The maximum absolute atomic E-state index is 13.2. The molecule has 1 heterocycles. The summed E-state index contributed by atoms with van der Waals surface area (Å²) in [5, 5.41) is 2.98. The van der Waals surface area contributed by atoms with E-state index in [-0.39, 0.29) is 5.75 Å². The quantitative estimate of drug-likeness (QED) is 0.807. The van der Waals surface area contributed by atoms with Crippen LogP contribution >= 0.6 is 0 Å². The van der Waals surface area contributed by atoms with E-state index in [1.807, 2.05) is 0 Å². The molecular formula is C12H15F2N3O2S. The Bertz CT molecular complexity index is 713. The monoisotopic (exact) mass is 303 g/mol. The molecule has 2 rings (SSSR count). The summed E-state index contributed by atoms with van der Waals surface area (Å²) in [5.74, 6) is -1.77. The van der Waals surface area contributed by atoms with Gasteiger partial charge in [0, 0.05) is 38.0 Å². The van der Waals surface area contributed by atoms with Crippen molar-refractivity contribution in [2.45, 2.75) is 6.54 Å². The molecular weight excluding hydrogens is 288 g/mol. The Morgan fingerprint density at radius 3 is 2.65 bits per heavy atom. The van der Waals surface area contributed by atoms with Gasteiger partial charge in [0.1, 0.15) is 9.84 Å². The predicted molar refractivity (Wildman–Crippen MR) is 72.2 cm³/mol. The van der Waals surface area contributed by atoms with Crippen molar-refractivity contribution < 1.29 is 17.2 Å². The Labute approximate surface area is 115 Å². The molecule has 0 unspecified atom stereocenters. The highest BCUT2D eigenvalue weighted by molar-refractivity contribution is 7.90. The first-order valence-corrected chi connectivity index (χ1v) is 8.11. The van der Waals surface area contributed by atoms with Crippen molar-refractivity contribution in [1.82, 2.24) is 14.9 Å². The molecule has 8 heteroatoms. The lowest BCUT2D eigenvalue weighted by Gasteiger charge is -2.06. The topological polar surface area (TPSA) is 64.0 Å². The SMILES string of the molecule is CS(=O)(=O)CCNCCn1cnc2cc(F)c(F)cc21. The first-order chi connectivity index (χ1) is 9.37. The lowest BCUT2D eigenvalue weighted by atomic mass is 10.3. The number of aromatic nitrogens is 2. The Morgan fingerprint density at radius 1 is 1.25 bits per heavy atom. The first-order valence-electron chi connectivity index (χ1n) is 6.05. The molecule has 0 atom stereocenters. The van der Waals surface area contributed by atoms with Crippen molar-refractivity contribution >= 4 is 20.9 Å². The first kappa shape index (κ1) is 14.9. The number of halogens is 2. The molecule has 110 valence electrons. The molecule has 0 radical (unpaired) electrons. The number of nitrogens with one attached hydrogen (secondary N) is 1. The van der Waals surface area contributed by atoms with Crippen molar-refractivity contribution in [2.75, 3.05) is 25.1 Å². The van der Waals surface area contributed by atoms with Crippen LogP contribution in [0.3, 0.4) is 0 Å². The van der Waals surface area contributed by atoms with E-state index in [9.17, 15) is 17.2 Å². The van der Waals surface area contributed by atoms with Crippen LogP contribution in [-0.4, -0.2) is 43.1 Å². The van der Waals surface area contributed by atoms with Gasteiger partial charge < -0.3 is 9.88 Å². The molecule has 1 aromatic carbocycles. The second kappa shape index (κ2) is 5.84. The summed E-state index contributed by atoms with van der Waals surface area (Å²) in [6.07, 6.45) is 2.68. The molecule has 5 nitrogen and oxygen atoms in total. The standard InChI is InChI=1S/C12H15F2N3O2S/c1-20(18,19)5-3-15-2-4-17-8-16-11-6-9(13)10(14)7-12(11)17/h6-8,15H,2-5H2,1H3. The van der Waals surface area contributed by atoms with E-state index in [0.29, 0.717) is 30.7 Å². The summed E-state index contributed by atoms with van der Waals surface area (Å²) in [4.78, 5) is 3.99. The Kier molecular flexibility index (Phi) is 4.34. The zero-order valence-corrected chi connectivity index (χ0v) is 11.8. The van der Waals surface area contributed by atoms with E-state index in [1.54, 1.807) is 4.57 Å². The minimum Gasteiger partial charge on any atom is -0.329 e. The molecule has 2 aromatic rings. The van der Waals surface area contributed by atoms with Crippen molar-refractivity contribution in [3.8, 4) is 0 Å². The summed E-state index contributed by atoms with van der Waals surface area (Å²) < 4.78 is 49.8. The molecule has 0 saturated heterocycles. The highest BCUT2D eigenvalue weighted by Gasteiger charge is 2.08. The summed E-state index contributed by atoms with van der Waals surface area (Å²) in [6.45, 7) is 1.36. The number of imidazole rings is 1. The molecule has 0 spiro atoms. The second-order valence-electron chi connectivity index (χ2n) is 4.57. The average molecular weight is 303 g/mol. The van der Waals surface area contributed by atoms with Crippen LogP contribution in [0.5, 0.6) is 0 Å². The van der Waals surface area contributed by atoms with Gasteiger partial charge in [0.15, 0.2) is 11.6 Å². The van der Waals surface area contributed by atoms with E-state index in [1.165, 1.54) is 12.6 Å². The van der Waals surface area contributed by atoms with Crippen molar-refractivity contribution in [3.05, 3.63) is 30.1 Å². The Morgan fingerprint density at radius 2 is 1.95 bits per heavy atom. The molecule has 0 saturated carbocycles. The summed E-state index contributed by atoms with van der Waals surface area (Å²) >= 11 is 0. The van der Waals surface area contributed by atoms with Gasteiger partial charge in [0.05, 0.1) is 23.1 Å². The molecule has 0 aliphatic carbocycles. The molecule has 1 aromatic heterocycles. The number of rotatable bonds is 6. The summed E-state index contributed by atoms with van der Waals surface area (Å²) in [5.41, 5.74) is 0.897. The fourth-order valence-electron chi connectivity index (χ4n) is 1.81. The van der Waals surface area contributed by atoms with Gasteiger partial charge in [-0.05, 0) is 0 Å². The van der Waals surface area contributed by atoms with E-state index in [0.717, 1.165) is 12.1 Å². The zero-order valence-electron chi connectivity index (χ0n) is 10.9. The van der Waals surface area contributed by atoms with E-state index in [2.05, 4.69) is 10.3 Å². The number of fused-ring (bicyclic) bond motifs is 1. The van der Waals surface area contributed by atoms with E-state index >= 15 is 0 Å². The second-order valence-corrected chi connectivity index (χ2v) is 6.83. The normalized spacial score (nSPS) is 12.2. The van der Waals surface area contributed by atoms with Crippen molar-refractivity contribution in [1.29, 1.82) is 0 Å². The van der Waals surface area contributed by atoms with Crippen LogP contribution in [0.25, 0.3) is 11.0 Å². The van der Waals surface area contributed by atoms with Crippen LogP contribution < -0.4 is 5.32 Å². The third-order valence-corrected chi connectivity index (χ3v) is 3.79. The van der Waals surface area contributed by atoms with Crippen LogP contribution in [0.4, 0.5) is 8.78 Å². The van der Waals surface area contributed by atoms with Crippen LogP contribution in [-0.2, 0) is 16.4 Å². The smallest absolute Gasteiger partial charge is 0.161 e. The molecule has 0 fully saturated rings. The molecule has 1 N–H and O–H groups in total. The van der Waals surface area contributed by atoms with Gasteiger partial charge >= 0.3 is 0 Å². The third kappa shape index (κ3) is 3.73. The summed E-state index contributed by atoms with van der Waals surface area (Å²) in [7, 11) is -2.98. The lowest BCUT2D eigenvalue weighted by Crippen LogP contribution is -2.25. The zero-order chi connectivity index (χ0) is 14.8. The van der Waals surface area contributed by atoms with Gasteiger partial charge in [0.2, 0.25) is 0 Å². The summed E-state index contributed by atoms with van der Waals surface area (Å²) in [6, 6.07) is 2.16. The van der Waals surface area contributed by atoms with Gasteiger partial charge in [-0.25, -0.2) is 22.2 Å². The minimum atomic E-state index is -2.98. The fraction of sp³-hybridized carbons (Fsp3) is 0.417. The fourth-order valence-corrected chi connectivity index (χ4v) is 2.33. The van der Waals surface area contributed by atoms with E-state index in [4.69, 9.17) is 0 Å². The third-order valence-electron chi connectivity index (χ3n) is 2.84. The molecule has 20 heavy (non-hydrogen) atoms. The maximum Gasteiger partial charge on any atom is 0.161 e.